The Morgan fingerprint density at radius 2 is 2.16 bits per heavy atom. The van der Waals surface area contributed by atoms with Crippen molar-refractivity contribution in [2.24, 2.45) is 4.99 Å². The highest BCUT2D eigenvalue weighted by molar-refractivity contribution is 7.80. The topological polar surface area (TPSA) is 113 Å². The third-order valence-electron chi connectivity index (χ3n) is 2.94. The van der Waals surface area contributed by atoms with Crippen LogP contribution < -0.4 is 16.0 Å². The van der Waals surface area contributed by atoms with Crippen LogP contribution in [0, 0.1) is 11.3 Å². The molecular formula is C16H22N6O2S. The summed E-state index contributed by atoms with van der Waals surface area (Å²) in [6.45, 7) is 3.82. The van der Waals surface area contributed by atoms with E-state index in [-0.39, 0.29) is 6.54 Å². The number of carbonyl (C=O) groups is 1. The van der Waals surface area contributed by atoms with Crippen molar-refractivity contribution in [3.8, 4) is 6.07 Å². The lowest BCUT2D eigenvalue weighted by Gasteiger charge is -2.27. The van der Waals surface area contributed by atoms with Gasteiger partial charge in [-0.3, -0.25) is 0 Å². The van der Waals surface area contributed by atoms with Crippen molar-refractivity contribution in [2.45, 2.75) is 19.4 Å². The van der Waals surface area contributed by atoms with Crippen LogP contribution in [0.4, 0.5) is 16.2 Å². The fraction of sp³-hybridized carbons (Fsp3) is 0.375. The van der Waals surface area contributed by atoms with Gasteiger partial charge in [0.1, 0.15) is 6.07 Å². The lowest BCUT2D eigenvalue weighted by Crippen LogP contribution is -2.52. The second-order valence-electron chi connectivity index (χ2n) is 6.17. The number of nitrogens with zero attached hydrogens (tertiary/aromatic N) is 3. The van der Waals surface area contributed by atoms with Gasteiger partial charge in [-0.25, -0.2) is 9.79 Å². The van der Waals surface area contributed by atoms with Gasteiger partial charge in [-0.1, -0.05) is 0 Å². The number of thiocarbonyl (C=S) groups is 1. The van der Waals surface area contributed by atoms with Crippen LogP contribution in [0.5, 0.6) is 0 Å². The van der Waals surface area contributed by atoms with Gasteiger partial charge < -0.3 is 26.0 Å². The predicted octanol–water partition coefficient (Wildman–Crippen LogP) is 2.11. The highest BCUT2D eigenvalue weighted by Crippen LogP contribution is 2.22. The molecule has 1 aromatic carbocycles. The number of hydrogen-bond acceptors (Lipinski definition) is 4. The van der Waals surface area contributed by atoms with Crippen molar-refractivity contribution < 1.29 is 9.90 Å². The zero-order valence-corrected chi connectivity index (χ0v) is 15.4. The number of amides is 1. The molecule has 0 fully saturated rings. The van der Waals surface area contributed by atoms with Crippen LogP contribution in [-0.4, -0.2) is 53.7 Å². The highest BCUT2D eigenvalue weighted by Gasteiger charge is 2.19. The second-order valence-corrected chi connectivity index (χ2v) is 6.58. The van der Waals surface area contributed by atoms with Crippen molar-refractivity contribution >= 4 is 41.1 Å². The number of aliphatic imine (C=N–C) groups is 1. The van der Waals surface area contributed by atoms with E-state index in [1.54, 1.807) is 29.4 Å². The zero-order valence-electron chi connectivity index (χ0n) is 14.6. The first-order valence-electron chi connectivity index (χ1n) is 7.44. The summed E-state index contributed by atoms with van der Waals surface area (Å²) in [5.74, 6) is 0. The molecule has 0 unspecified atom stereocenters. The van der Waals surface area contributed by atoms with E-state index in [4.69, 9.17) is 17.3 Å². The number of nitrogens with one attached hydrogen (secondary N) is 3. The van der Waals surface area contributed by atoms with Gasteiger partial charge in [-0.2, -0.15) is 5.26 Å². The van der Waals surface area contributed by atoms with Gasteiger partial charge in [0.15, 0.2) is 5.11 Å². The summed E-state index contributed by atoms with van der Waals surface area (Å²) >= 11 is 5.25. The number of anilines is 1. The number of rotatable bonds is 6. The SMILES string of the molecule is CN(C)C=Nc1ccc(NC(=S)NC(C)(C)CNC(=O)O)cc1C#N. The minimum absolute atomic E-state index is 0.186. The molecule has 1 amide bonds. The molecule has 0 atom stereocenters. The standard InChI is InChI=1S/C16H22N6O2S/c1-16(2,9-18-15(23)24)21-14(25)20-12-5-6-13(11(7-12)8-17)19-10-22(3)4/h5-7,10,18H,9H2,1-4H3,(H,23,24)(H2,20,21,25). The molecule has 9 heteroatoms. The third kappa shape index (κ3) is 7.50. The van der Waals surface area contributed by atoms with E-state index in [9.17, 15) is 10.1 Å². The van der Waals surface area contributed by atoms with E-state index in [0.29, 0.717) is 22.1 Å². The maximum atomic E-state index is 10.6. The average Bonchev–Trinajstić information content (AvgIpc) is 2.51. The maximum absolute atomic E-state index is 10.6. The molecule has 25 heavy (non-hydrogen) atoms. The van der Waals surface area contributed by atoms with E-state index in [2.05, 4.69) is 27.0 Å². The van der Waals surface area contributed by atoms with Crippen LogP contribution in [0.1, 0.15) is 19.4 Å². The highest BCUT2D eigenvalue weighted by atomic mass is 32.1. The summed E-state index contributed by atoms with van der Waals surface area (Å²) in [4.78, 5) is 16.6. The van der Waals surface area contributed by atoms with Gasteiger partial charge in [0.05, 0.1) is 23.1 Å². The van der Waals surface area contributed by atoms with Crippen LogP contribution >= 0.6 is 12.2 Å². The Hall–Kier alpha value is -2.86. The Morgan fingerprint density at radius 3 is 2.72 bits per heavy atom. The minimum Gasteiger partial charge on any atom is -0.465 e. The molecule has 0 aromatic heterocycles. The second kappa shape index (κ2) is 8.84. The van der Waals surface area contributed by atoms with Crippen molar-refractivity contribution in [3.05, 3.63) is 23.8 Å². The van der Waals surface area contributed by atoms with Crippen molar-refractivity contribution in [2.75, 3.05) is 26.0 Å². The van der Waals surface area contributed by atoms with E-state index in [1.807, 2.05) is 27.9 Å². The Morgan fingerprint density at radius 1 is 1.48 bits per heavy atom. The Balaban J connectivity index is 2.78. The number of carboxylic acid groups (broad SMARTS) is 1. The van der Waals surface area contributed by atoms with Crippen molar-refractivity contribution in [1.29, 1.82) is 5.26 Å². The summed E-state index contributed by atoms with van der Waals surface area (Å²) in [5.41, 5.74) is 1.04. The third-order valence-corrected chi connectivity index (χ3v) is 3.14. The molecule has 0 saturated heterocycles. The van der Waals surface area contributed by atoms with Gasteiger partial charge in [0.25, 0.3) is 0 Å². The van der Waals surface area contributed by atoms with Gasteiger partial charge in [-0.05, 0) is 44.3 Å². The molecule has 0 saturated carbocycles. The summed E-state index contributed by atoms with van der Waals surface area (Å²) in [6, 6.07) is 7.24. The lowest BCUT2D eigenvalue weighted by molar-refractivity contribution is 0.191. The smallest absolute Gasteiger partial charge is 0.404 e. The first-order valence-corrected chi connectivity index (χ1v) is 7.84. The largest absolute Gasteiger partial charge is 0.465 e. The molecule has 0 bridgehead atoms. The van der Waals surface area contributed by atoms with E-state index in [0.717, 1.165) is 0 Å². The summed E-state index contributed by atoms with van der Waals surface area (Å²) in [5, 5.41) is 26.6. The number of nitriles is 1. The molecule has 0 aliphatic heterocycles. The predicted molar refractivity (Wildman–Crippen MR) is 102 cm³/mol. The molecule has 1 rings (SSSR count). The number of benzene rings is 1. The average molecular weight is 362 g/mol. The Kier molecular flexibility index (Phi) is 7.14. The summed E-state index contributed by atoms with van der Waals surface area (Å²) in [7, 11) is 3.69. The van der Waals surface area contributed by atoms with Gasteiger partial charge in [0, 0.05) is 26.3 Å². The molecule has 0 aliphatic carbocycles. The van der Waals surface area contributed by atoms with E-state index >= 15 is 0 Å². The van der Waals surface area contributed by atoms with Crippen LogP contribution in [0.15, 0.2) is 23.2 Å². The van der Waals surface area contributed by atoms with Crippen molar-refractivity contribution in [3.63, 3.8) is 0 Å². The van der Waals surface area contributed by atoms with Gasteiger partial charge in [-0.15, -0.1) is 0 Å². The first kappa shape index (κ1) is 20.2. The number of hydrogen-bond donors (Lipinski definition) is 4. The fourth-order valence-electron chi connectivity index (χ4n) is 1.80. The molecule has 0 aliphatic rings. The van der Waals surface area contributed by atoms with Crippen LogP contribution in [0.25, 0.3) is 0 Å². The molecule has 1 aromatic rings. The Labute approximate surface area is 152 Å². The molecule has 4 N–H and O–H groups in total. The molecule has 0 spiro atoms. The van der Waals surface area contributed by atoms with E-state index < -0.39 is 11.6 Å². The Bertz CT molecular complexity index is 709. The van der Waals surface area contributed by atoms with Gasteiger partial charge in [0.2, 0.25) is 0 Å². The molecule has 8 nitrogen and oxygen atoms in total. The van der Waals surface area contributed by atoms with Crippen molar-refractivity contribution in [1.82, 2.24) is 15.5 Å². The molecular weight excluding hydrogens is 340 g/mol. The van der Waals surface area contributed by atoms with Crippen LogP contribution in [-0.2, 0) is 0 Å². The quantitative estimate of drug-likeness (QED) is 0.348. The summed E-state index contributed by atoms with van der Waals surface area (Å²) in [6.07, 6.45) is 0.522. The summed E-state index contributed by atoms with van der Waals surface area (Å²) < 4.78 is 0. The molecule has 134 valence electrons. The maximum Gasteiger partial charge on any atom is 0.404 e. The van der Waals surface area contributed by atoms with E-state index in [1.165, 1.54) is 0 Å². The minimum atomic E-state index is -1.10. The first-order chi connectivity index (χ1) is 11.6. The fourth-order valence-corrected chi connectivity index (χ4v) is 2.20. The zero-order chi connectivity index (χ0) is 19.0. The molecule has 0 heterocycles. The van der Waals surface area contributed by atoms with Gasteiger partial charge >= 0.3 is 6.09 Å². The van der Waals surface area contributed by atoms with Crippen LogP contribution in [0.3, 0.4) is 0 Å². The van der Waals surface area contributed by atoms with Crippen LogP contribution in [0.2, 0.25) is 0 Å². The normalized spacial score (nSPS) is 10.8. The molecule has 0 radical (unpaired) electrons. The lowest BCUT2D eigenvalue weighted by atomic mass is 10.1. The monoisotopic (exact) mass is 362 g/mol.